The van der Waals surface area contributed by atoms with E-state index < -0.39 is 75.2 Å². The number of hydrogen-bond acceptors (Lipinski definition) is 26. The molecule has 1 amide bonds. The third kappa shape index (κ3) is 109. The van der Waals surface area contributed by atoms with Crippen molar-refractivity contribution in [3.63, 3.8) is 0 Å². The minimum Gasteiger partial charge on any atom is -0.464 e. The van der Waals surface area contributed by atoms with E-state index in [1.165, 1.54) is 0 Å². The van der Waals surface area contributed by atoms with Gasteiger partial charge in [0, 0.05) is 59.2 Å². The van der Waals surface area contributed by atoms with Gasteiger partial charge in [-0.05, 0) is 247 Å². The van der Waals surface area contributed by atoms with Gasteiger partial charge in [0.2, 0.25) is 5.91 Å². The zero-order valence-electron chi connectivity index (χ0n) is 91.5. The minimum absolute atomic E-state index is 0.0156. The van der Waals surface area contributed by atoms with Crippen LogP contribution in [0.2, 0.25) is 0 Å². The summed E-state index contributed by atoms with van der Waals surface area (Å²) in [4.78, 5) is 136. The average molecular weight is 1830 g/mol. The van der Waals surface area contributed by atoms with Crippen molar-refractivity contribution < 1.29 is 110 Å². The van der Waals surface area contributed by atoms with Crippen molar-refractivity contribution in [2.45, 2.75) is 500 Å². The highest BCUT2D eigenvalue weighted by atomic mass is 16.7. The summed E-state index contributed by atoms with van der Waals surface area (Å²) < 4.78 is 57.0. The van der Waals surface area contributed by atoms with E-state index in [9.17, 15) is 57.5 Å². The van der Waals surface area contributed by atoms with Crippen molar-refractivity contribution in [3.05, 3.63) is 0 Å². The van der Waals surface area contributed by atoms with Crippen molar-refractivity contribution in [3.8, 4) is 0 Å². The van der Waals surface area contributed by atoms with Gasteiger partial charge < -0.3 is 74.6 Å². The van der Waals surface area contributed by atoms with Crippen molar-refractivity contribution in [2.75, 3.05) is 19.9 Å². The monoisotopic (exact) mass is 1830 g/mol. The van der Waals surface area contributed by atoms with Crippen LogP contribution in [-0.4, -0.2) is 172 Å². The predicted octanol–water partition coefficient (Wildman–Crippen LogP) is 20.9. The Bertz CT molecular complexity index is 2940. The van der Waals surface area contributed by atoms with E-state index in [2.05, 4.69) is 65.4 Å². The van der Waals surface area contributed by atoms with Crippen LogP contribution < -0.4 is 22.5 Å². The Morgan fingerprint density at radius 2 is 0.638 bits per heavy atom. The van der Waals surface area contributed by atoms with Gasteiger partial charge in [0.15, 0.2) is 12.1 Å². The molecule has 3 atom stereocenters. The second-order valence-electron chi connectivity index (χ2n) is 46.8. The van der Waals surface area contributed by atoms with E-state index in [0.29, 0.717) is 43.7 Å². The smallest absolute Gasteiger partial charge is 0.323 e. The Hall–Kier alpha value is -5.68. The quantitative estimate of drug-likeness (QED) is 0.0195. The normalized spacial score (nSPS) is 13.0. The molecule has 0 saturated carbocycles. The molecule has 0 spiro atoms. The Labute approximate surface area is 776 Å². The molecular formula is C100H200N4O23. The maximum absolute atomic E-state index is 11.8. The van der Waals surface area contributed by atoms with Crippen LogP contribution in [0.25, 0.3) is 0 Å². The minimum atomic E-state index is -0.795. The summed E-state index contributed by atoms with van der Waals surface area (Å²) >= 11 is 0. The highest BCUT2D eigenvalue weighted by Crippen LogP contribution is 2.29. The first-order valence-corrected chi connectivity index (χ1v) is 45.4. The van der Waals surface area contributed by atoms with Crippen LogP contribution >= 0.6 is 0 Å². The standard InChI is InChI=1S/2C13H25NO4.C13H25NO2.C10H19NO3.C9H16O3.C9H20O2.C9H18O.C8H18O2.C8H18O.C8H16O/c2*1-12(2,3)17-10(15)8-7-9(14)11(16)18-13(4,5)6;1-12(2,3)10(15)8-7-9(14)11(16)13(4,5)6;1-7(2)9(12)11-5-6-14-10(13)8(3)4;1-6(2)7(10)12-8(11)9(3,4)5;1-8(2,3)10-7-11-9(4,5)6;1-8(2,3)7(10)9(4,5)6;1-6(2)9-8(5)10-7(3)4;1-7(2,3)9-8(4,5)6;1-6(2)5-8(9)7(3)4/h2*9H,7-8,14H2,1-6H3;9H,7-8,14H2,1-6H3;7-8H,5-6H2,1-4H3,(H,11,12);6H,1-5H3;7H2,1-6H3;1-6H3;6-8H,1-5H3;1-6H3;6-7H,5H2,1-4H3. The number of hydrogen-bond donors (Lipinski definition) is 4. The SMILES string of the molecule is CC(C)(C)C(=O)C(C)(C)C.CC(C)(C)C(=O)CCC(N)C(=O)C(C)(C)C.CC(C)(C)OC(=O)CCC(N)C(=O)OC(C)(C)C.CC(C)(C)OC(=O)CCC(N)C(=O)OC(C)(C)C.CC(C)(C)OC(C)(C)C.CC(C)(C)OCOC(C)(C)C.CC(C)C(=O)NCCOC(=O)C(C)C.CC(C)C(=O)OC(=O)C(C)(C)C.CC(C)CC(=O)C(C)C.CC(C)OC(C)OC(C)C. The molecule has 27 heteroatoms. The number of nitrogens with one attached hydrogen (secondary N) is 1. The van der Waals surface area contributed by atoms with Gasteiger partial charge in [0.05, 0.1) is 64.4 Å². The molecule has 7 N–H and O–H groups in total. The van der Waals surface area contributed by atoms with E-state index in [1.807, 2.05) is 187 Å². The van der Waals surface area contributed by atoms with Gasteiger partial charge in [-0.2, -0.15) is 0 Å². The zero-order valence-corrected chi connectivity index (χ0v) is 91.5. The van der Waals surface area contributed by atoms with Crippen LogP contribution in [0.3, 0.4) is 0 Å². The molecule has 0 rings (SSSR count). The summed E-state index contributed by atoms with van der Waals surface area (Å²) in [6, 6.07) is -2.11. The van der Waals surface area contributed by atoms with Crippen LogP contribution in [0.5, 0.6) is 0 Å². The van der Waals surface area contributed by atoms with Crippen LogP contribution in [0.1, 0.15) is 419 Å². The van der Waals surface area contributed by atoms with E-state index in [0.717, 1.165) is 6.42 Å². The fourth-order valence-corrected chi connectivity index (χ4v) is 8.59. The summed E-state index contributed by atoms with van der Waals surface area (Å²) in [6.07, 6.45) is 2.64. The fourth-order valence-electron chi connectivity index (χ4n) is 8.59. The molecule has 0 aromatic rings. The fraction of sp³-hybridized carbons (Fsp3) is 0.880. The van der Waals surface area contributed by atoms with Gasteiger partial charge in [-0.3, -0.25) is 57.5 Å². The van der Waals surface area contributed by atoms with Gasteiger partial charge >= 0.3 is 41.8 Å². The number of esters is 7. The number of Topliss-reactive ketones (excluding diaryl/α,β-unsaturated/α-hetero) is 4. The zero-order chi connectivity index (χ0) is 104. The molecule has 127 heavy (non-hydrogen) atoms. The van der Waals surface area contributed by atoms with Crippen molar-refractivity contribution >= 4 is 70.8 Å². The summed E-state index contributed by atoms with van der Waals surface area (Å²) in [5.41, 5.74) is 12.9. The Kier molecular flexibility index (Phi) is 71.7. The first-order valence-electron chi connectivity index (χ1n) is 45.4. The van der Waals surface area contributed by atoms with Crippen molar-refractivity contribution in [2.24, 2.45) is 73.9 Å². The Morgan fingerprint density at radius 1 is 0.323 bits per heavy atom. The van der Waals surface area contributed by atoms with E-state index >= 15 is 0 Å². The number of carbonyl (C=O) groups is 12. The van der Waals surface area contributed by atoms with Crippen LogP contribution in [-0.2, 0) is 110 Å². The van der Waals surface area contributed by atoms with Crippen LogP contribution in [0.4, 0.5) is 0 Å². The average Bonchev–Trinajstić information content (AvgIpc) is 0.968. The molecule has 0 fully saturated rings. The van der Waals surface area contributed by atoms with Gasteiger partial charge in [-0.25, -0.2) is 0 Å². The Balaban J connectivity index is -0.000000151. The molecule has 27 nitrogen and oxygen atoms in total. The first-order chi connectivity index (χ1) is 55.6. The third-order valence-corrected chi connectivity index (χ3v) is 14.2. The highest BCUT2D eigenvalue weighted by Gasteiger charge is 2.34. The largest absolute Gasteiger partial charge is 0.464 e. The molecule has 0 aliphatic carbocycles. The molecule has 0 radical (unpaired) electrons. The predicted molar refractivity (Wildman–Crippen MR) is 515 cm³/mol. The van der Waals surface area contributed by atoms with E-state index in [1.54, 1.807) is 132 Å². The second kappa shape index (κ2) is 64.2. The molecular weight excluding hydrogens is 1630 g/mol. The molecule has 0 saturated heterocycles. The van der Waals surface area contributed by atoms with Gasteiger partial charge in [-0.15, -0.1) is 0 Å². The third-order valence-electron chi connectivity index (χ3n) is 14.2. The summed E-state index contributed by atoms with van der Waals surface area (Å²) in [6.45, 7) is 103. The number of ketones is 4. The summed E-state index contributed by atoms with van der Waals surface area (Å²) in [7, 11) is 0. The molecule has 0 bridgehead atoms. The Morgan fingerprint density at radius 3 is 0.843 bits per heavy atom. The summed E-state index contributed by atoms with van der Waals surface area (Å²) in [5.74, 6) is -1.69. The molecule has 0 heterocycles. The van der Waals surface area contributed by atoms with Gasteiger partial charge in [-0.1, -0.05) is 152 Å². The van der Waals surface area contributed by atoms with Gasteiger partial charge in [0.25, 0.3) is 0 Å². The lowest BCUT2D eigenvalue weighted by atomic mass is 9.76. The molecule has 0 aliphatic heterocycles. The van der Waals surface area contributed by atoms with E-state index in [-0.39, 0.29) is 148 Å². The summed E-state index contributed by atoms with van der Waals surface area (Å²) in [5, 5.41) is 2.66. The van der Waals surface area contributed by atoms with Crippen LogP contribution in [0, 0.1) is 56.7 Å². The molecule has 0 aliphatic rings. The van der Waals surface area contributed by atoms with E-state index in [4.69, 9.17) is 64.6 Å². The number of rotatable bonds is 27. The number of carbonyl (C=O) groups excluding carboxylic acids is 12. The first kappa shape index (κ1) is 142. The second-order valence-corrected chi connectivity index (χ2v) is 46.8. The molecule has 3 unspecified atom stereocenters. The topological polar surface area (TPSA) is 396 Å². The van der Waals surface area contributed by atoms with Crippen molar-refractivity contribution in [1.29, 1.82) is 0 Å². The highest BCUT2D eigenvalue weighted by molar-refractivity contribution is 5.91. The number of nitrogens with two attached hydrogens (primary N) is 3. The lowest BCUT2D eigenvalue weighted by Gasteiger charge is -2.30. The molecule has 758 valence electrons. The van der Waals surface area contributed by atoms with Crippen molar-refractivity contribution in [1.82, 2.24) is 5.32 Å². The molecule has 0 aromatic heterocycles. The van der Waals surface area contributed by atoms with Crippen LogP contribution in [0.15, 0.2) is 0 Å². The lowest BCUT2D eigenvalue weighted by molar-refractivity contribution is -0.170. The van der Waals surface area contributed by atoms with Gasteiger partial charge in [0.1, 0.15) is 65.2 Å². The maximum Gasteiger partial charge on any atom is 0.323 e. The number of ether oxygens (including phenoxy) is 11. The number of amides is 1. The molecule has 0 aromatic carbocycles. The lowest BCUT2D eigenvalue weighted by Crippen LogP contribution is -2.39. The maximum atomic E-state index is 11.8.